The van der Waals surface area contributed by atoms with Gasteiger partial charge in [0.15, 0.2) is 0 Å². The first-order valence-corrected chi connectivity index (χ1v) is 11.1. The molecule has 3 nitrogen and oxygen atoms in total. The van der Waals surface area contributed by atoms with Crippen LogP contribution in [-0.2, 0) is 23.0 Å². The minimum absolute atomic E-state index is 0.0814. The summed E-state index contributed by atoms with van der Waals surface area (Å²) in [4.78, 5) is 12.4. The van der Waals surface area contributed by atoms with Crippen LogP contribution in [0.2, 0.25) is 13.1 Å². The Morgan fingerprint density at radius 1 is 1.21 bits per heavy atom. The molecule has 0 aromatic heterocycles. The lowest BCUT2D eigenvalue weighted by Gasteiger charge is -2.30. The van der Waals surface area contributed by atoms with E-state index in [0.717, 1.165) is 11.1 Å². The third-order valence-corrected chi connectivity index (χ3v) is 4.39. The summed E-state index contributed by atoms with van der Waals surface area (Å²) in [6.07, 6.45) is 5.07. The van der Waals surface area contributed by atoms with Crippen molar-refractivity contribution in [3.8, 4) is 5.75 Å². The summed E-state index contributed by atoms with van der Waals surface area (Å²) in [5.41, 5.74) is 3.76. The average molecular weight is 347 g/mol. The Morgan fingerprint density at radius 2 is 1.79 bits per heavy atom. The van der Waals surface area contributed by atoms with Gasteiger partial charge in [-0.1, -0.05) is 32.9 Å². The molecule has 0 N–H and O–H groups in total. The third-order valence-electron chi connectivity index (χ3n) is 3.68. The van der Waals surface area contributed by atoms with E-state index in [4.69, 9.17) is 9.16 Å². The highest BCUT2D eigenvalue weighted by molar-refractivity contribution is 6.49. The van der Waals surface area contributed by atoms with E-state index in [0.29, 0.717) is 24.2 Å². The molecule has 0 atom stereocenters. The highest BCUT2D eigenvalue weighted by Gasteiger charge is 2.28. The molecule has 0 heterocycles. The summed E-state index contributed by atoms with van der Waals surface area (Å²) in [6.45, 7) is 18.5. The number of allylic oxidation sites excluding steroid dienone is 2. The second kappa shape index (κ2) is 8.33. The molecule has 0 bridgehead atoms. The Hall–Kier alpha value is -1.81. The Morgan fingerprint density at radius 3 is 2.21 bits per heavy atom. The molecule has 1 rings (SSSR count). The zero-order chi connectivity index (χ0) is 18.5. The summed E-state index contributed by atoms with van der Waals surface area (Å²) < 4.78 is 11.2. The van der Waals surface area contributed by atoms with Crippen LogP contribution in [0.3, 0.4) is 0 Å². The van der Waals surface area contributed by atoms with Gasteiger partial charge in [-0.15, -0.1) is 13.2 Å². The minimum atomic E-state index is -1.40. The van der Waals surface area contributed by atoms with Crippen LogP contribution in [0.15, 0.2) is 31.4 Å². The molecule has 0 saturated carbocycles. The summed E-state index contributed by atoms with van der Waals surface area (Å²) in [5.74, 6) is 0.303. The van der Waals surface area contributed by atoms with Gasteiger partial charge in [-0.2, -0.15) is 0 Å². The Labute approximate surface area is 148 Å². The lowest BCUT2D eigenvalue weighted by Crippen LogP contribution is -2.23. The molecule has 0 aliphatic rings. The average Bonchev–Trinajstić information content (AvgIpc) is 2.47. The van der Waals surface area contributed by atoms with E-state index >= 15 is 0 Å². The Balaban J connectivity index is 3.88. The van der Waals surface area contributed by atoms with Gasteiger partial charge in [0.25, 0.3) is 0 Å². The molecule has 24 heavy (non-hydrogen) atoms. The van der Waals surface area contributed by atoms with Crippen molar-refractivity contribution in [1.29, 1.82) is 0 Å². The normalized spacial score (nSPS) is 11.3. The van der Waals surface area contributed by atoms with Crippen molar-refractivity contribution in [2.24, 2.45) is 0 Å². The lowest BCUT2D eigenvalue weighted by molar-refractivity contribution is 0.0598. The number of rotatable bonds is 7. The monoisotopic (exact) mass is 346 g/mol. The van der Waals surface area contributed by atoms with Gasteiger partial charge in [0.1, 0.15) is 11.3 Å². The van der Waals surface area contributed by atoms with Crippen molar-refractivity contribution < 1.29 is 14.0 Å². The maximum Gasteiger partial charge on any atom is 0.341 e. The van der Waals surface area contributed by atoms with Crippen LogP contribution in [-0.4, -0.2) is 22.1 Å². The number of ether oxygens (including phenoxy) is 1. The smallest absolute Gasteiger partial charge is 0.341 e. The third kappa shape index (κ3) is 4.60. The molecule has 0 aliphatic carbocycles. The minimum Gasteiger partial charge on any atom is -0.546 e. The Kier molecular flexibility index (Phi) is 7.03. The fraction of sp³-hybridized carbons (Fsp3) is 0.450. The number of carbonyl (C=O) groups excluding carboxylic acids is 1. The van der Waals surface area contributed by atoms with Crippen LogP contribution in [0, 0.1) is 0 Å². The molecular weight excluding hydrogens is 316 g/mol. The molecule has 0 fully saturated rings. The van der Waals surface area contributed by atoms with E-state index in [1.807, 2.05) is 18.2 Å². The van der Waals surface area contributed by atoms with Crippen LogP contribution in [0.25, 0.3) is 0 Å². The molecule has 0 radical (unpaired) electrons. The maximum absolute atomic E-state index is 12.4. The molecule has 0 unspecified atom stereocenters. The summed E-state index contributed by atoms with van der Waals surface area (Å²) in [5, 5.41) is 0. The molecule has 0 saturated heterocycles. The molecule has 1 aromatic rings. The van der Waals surface area contributed by atoms with Gasteiger partial charge >= 0.3 is 5.97 Å². The molecule has 0 aliphatic heterocycles. The van der Waals surface area contributed by atoms with Gasteiger partial charge < -0.3 is 9.16 Å². The lowest BCUT2D eigenvalue weighted by atomic mass is 9.77. The van der Waals surface area contributed by atoms with Crippen LogP contribution in [0.4, 0.5) is 0 Å². The van der Waals surface area contributed by atoms with Gasteiger partial charge in [-0.05, 0) is 48.5 Å². The first kappa shape index (κ1) is 20.2. The first-order chi connectivity index (χ1) is 11.2. The zero-order valence-corrected chi connectivity index (χ0v) is 17.0. The van der Waals surface area contributed by atoms with Crippen molar-refractivity contribution in [1.82, 2.24) is 0 Å². The van der Waals surface area contributed by atoms with Crippen LogP contribution < -0.4 is 4.43 Å². The number of hydrogen-bond donors (Lipinski definition) is 0. The molecule has 1 aromatic carbocycles. The van der Waals surface area contributed by atoms with Gasteiger partial charge in [0.05, 0.1) is 7.11 Å². The van der Waals surface area contributed by atoms with Crippen molar-refractivity contribution in [2.75, 3.05) is 7.11 Å². The van der Waals surface area contributed by atoms with Crippen molar-refractivity contribution in [2.45, 2.75) is 52.1 Å². The largest absolute Gasteiger partial charge is 0.546 e. The van der Waals surface area contributed by atoms with Gasteiger partial charge in [0, 0.05) is 5.56 Å². The van der Waals surface area contributed by atoms with Gasteiger partial charge in [-0.3, -0.25) is 0 Å². The van der Waals surface area contributed by atoms with Gasteiger partial charge in [-0.25, -0.2) is 4.79 Å². The summed E-state index contributed by atoms with van der Waals surface area (Å²) in [6, 6.07) is 1.91. The second-order valence-corrected chi connectivity index (χ2v) is 9.49. The summed E-state index contributed by atoms with van der Waals surface area (Å²) in [7, 11) is 0.000471. The highest BCUT2D eigenvalue weighted by atomic mass is 28.3. The predicted molar refractivity (Wildman–Crippen MR) is 104 cm³/mol. The van der Waals surface area contributed by atoms with E-state index in [2.05, 4.69) is 47.0 Å². The second-order valence-electron chi connectivity index (χ2n) is 7.16. The van der Waals surface area contributed by atoms with Crippen molar-refractivity contribution in [3.63, 3.8) is 0 Å². The fourth-order valence-corrected chi connectivity index (χ4v) is 3.74. The van der Waals surface area contributed by atoms with E-state index in [-0.39, 0.29) is 11.4 Å². The zero-order valence-electron chi connectivity index (χ0n) is 15.9. The molecule has 4 heteroatoms. The maximum atomic E-state index is 12.4. The van der Waals surface area contributed by atoms with Gasteiger partial charge in [0.2, 0.25) is 9.04 Å². The number of hydrogen-bond acceptors (Lipinski definition) is 3. The number of esters is 1. The molecular formula is C20H30O3Si. The quantitative estimate of drug-likeness (QED) is 0.411. The standard InChI is InChI=1S/C20H30O3Si/c1-9-11-14-13-16(19(21)22-6)18(23-24(7)8)15(12-10-2)17(14)20(3,4)5/h9-10,13,24H,1-2,11-12H2,3-8H3. The van der Waals surface area contributed by atoms with E-state index in [1.165, 1.54) is 12.7 Å². The molecule has 0 amide bonds. The van der Waals surface area contributed by atoms with Crippen LogP contribution >= 0.6 is 0 Å². The number of carbonyl (C=O) groups is 1. The highest BCUT2D eigenvalue weighted by Crippen LogP contribution is 2.39. The number of benzene rings is 1. The van der Waals surface area contributed by atoms with Crippen LogP contribution in [0.1, 0.15) is 47.8 Å². The van der Waals surface area contributed by atoms with E-state index < -0.39 is 9.04 Å². The number of methoxy groups -OCH3 is 1. The van der Waals surface area contributed by atoms with Crippen molar-refractivity contribution >= 4 is 15.0 Å². The summed E-state index contributed by atoms with van der Waals surface area (Å²) >= 11 is 0. The van der Waals surface area contributed by atoms with Crippen LogP contribution in [0.5, 0.6) is 5.75 Å². The molecule has 132 valence electrons. The van der Waals surface area contributed by atoms with E-state index in [1.54, 1.807) is 0 Å². The van der Waals surface area contributed by atoms with E-state index in [9.17, 15) is 4.79 Å². The first-order valence-electron chi connectivity index (χ1n) is 8.33. The predicted octanol–water partition coefficient (Wildman–Crippen LogP) is 4.59. The SMILES string of the molecule is C=CCc1cc(C(=O)OC)c(O[SiH](C)C)c(CC=C)c1C(C)(C)C. The topological polar surface area (TPSA) is 35.5 Å². The molecule has 0 spiro atoms. The Bertz CT molecular complexity index is 625. The fourth-order valence-electron chi connectivity index (χ4n) is 3.00. The van der Waals surface area contributed by atoms with Crippen molar-refractivity contribution in [3.05, 3.63) is 53.6 Å².